The van der Waals surface area contributed by atoms with Gasteiger partial charge in [0, 0.05) is 49.4 Å². The number of hydrogen-bond acceptors (Lipinski definition) is 5. The molecule has 4 heterocycles. The third-order valence-electron chi connectivity index (χ3n) is 4.30. The summed E-state index contributed by atoms with van der Waals surface area (Å²) in [7, 11) is 1.88. The molecule has 0 aliphatic carbocycles. The van der Waals surface area contributed by atoms with Gasteiger partial charge in [-0.25, -0.2) is 0 Å². The summed E-state index contributed by atoms with van der Waals surface area (Å²) in [6, 6.07) is 5.41. The van der Waals surface area contributed by atoms with Crippen molar-refractivity contribution in [2.24, 2.45) is 7.05 Å². The molecule has 1 aliphatic heterocycles. The Labute approximate surface area is 138 Å². The summed E-state index contributed by atoms with van der Waals surface area (Å²) in [5.41, 5.74) is 2.18. The number of carbonyl (C=O) groups is 1. The standard InChI is InChI=1S/C17H17N5O2/c1-21-11-13(10-19-21)15-5-3-7-22(15)17(23)14-8-16(24-20-14)12-4-2-6-18-9-12/h2,4,6,8-11,15H,3,5,7H2,1H3/t15-/m1/s1. The molecule has 0 radical (unpaired) electrons. The molecule has 1 amide bonds. The first kappa shape index (κ1) is 14.6. The van der Waals surface area contributed by atoms with Gasteiger partial charge in [0.05, 0.1) is 12.2 Å². The molecule has 0 N–H and O–H groups in total. The second kappa shape index (κ2) is 5.92. The maximum Gasteiger partial charge on any atom is 0.276 e. The quantitative estimate of drug-likeness (QED) is 0.740. The molecule has 0 aromatic carbocycles. The first-order chi connectivity index (χ1) is 11.7. The number of likely N-dealkylation sites (tertiary alicyclic amines) is 1. The number of aryl methyl sites for hydroxylation is 1. The molecule has 1 saturated heterocycles. The lowest BCUT2D eigenvalue weighted by Gasteiger charge is -2.22. The highest BCUT2D eigenvalue weighted by molar-refractivity contribution is 5.93. The van der Waals surface area contributed by atoms with Gasteiger partial charge in [0.1, 0.15) is 0 Å². The van der Waals surface area contributed by atoms with Crippen LogP contribution in [0.1, 0.15) is 34.9 Å². The van der Waals surface area contributed by atoms with E-state index in [0.717, 1.165) is 24.0 Å². The van der Waals surface area contributed by atoms with E-state index in [9.17, 15) is 4.79 Å². The first-order valence-electron chi connectivity index (χ1n) is 7.89. The molecule has 4 rings (SSSR count). The van der Waals surface area contributed by atoms with E-state index >= 15 is 0 Å². The lowest BCUT2D eigenvalue weighted by Crippen LogP contribution is -2.30. The minimum Gasteiger partial charge on any atom is -0.355 e. The Morgan fingerprint density at radius 3 is 3.04 bits per heavy atom. The Balaban J connectivity index is 1.58. The van der Waals surface area contributed by atoms with E-state index in [4.69, 9.17) is 4.52 Å². The number of hydrogen-bond donors (Lipinski definition) is 0. The van der Waals surface area contributed by atoms with E-state index in [1.807, 2.05) is 36.5 Å². The third kappa shape index (κ3) is 2.58. The minimum atomic E-state index is -0.111. The van der Waals surface area contributed by atoms with Crippen molar-refractivity contribution in [3.05, 3.63) is 54.2 Å². The van der Waals surface area contributed by atoms with Crippen molar-refractivity contribution < 1.29 is 9.32 Å². The second-order valence-corrected chi connectivity index (χ2v) is 5.92. The zero-order valence-electron chi connectivity index (χ0n) is 13.3. The lowest BCUT2D eigenvalue weighted by atomic mass is 10.1. The van der Waals surface area contributed by atoms with Crippen molar-refractivity contribution >= 4 is 5.91 Å². The summed E-state index contributed by atoms with van der Waals surface area (Å²) in [5, 5.41) is 8.16. The molecule has 122 valence electrons. The molecular weight excluding hydrogens is 306 g/mol. The minimum absolute atomic E-state index is 0.0461. The molecule has 7 nitrogen and oxygen atoms in total. The van der Waals surface area contributed by atoms with Crippen molar-refractivity contribution in [3.63, 3.8) is 0 Å². The van der Waals surface area contributed by atoms with Crippen LogP contribution in [0.2, 0.25) is 0 Å². The van der Waals surface area contributed by atoms with Crippen LogP contribution >= 0.6 is 0 Å². The van der Waals surface area contributed by atoms with Crippen LogP contribution in [0.15, 0.2) is 47.5 Å². The SMILES string of the molecule is Cn1cc([C@H]2CCCN2C(=O)c2cc(-c3cccnc3)on2)cn1. The largest absolute Gasteiger partial charge is 0.355 e. The van der Waals surface area contributed by atoms with Gasteiger partial charge in [-0.3, -0.25) is 14.5 Å². The van der Waals surface area contributed by atoms with Gasteiger partial charge in [-0.05, 0) is 25.0 Å². The van der Waals surface area contributed by atoms with Crippen LogP contribution in [0.4, 0.5) is 0 Å². The molecule has 3 aromatic heterocycles. The van der Waals surface area contributed by atoms with Crippen molar-refractivity contribution in [2.75, 3.05) is 6.54 Å². The van der Waals surface area contributed by atoms with Crippen molar-refractivity contribution in [1.82, 2.24) is 24.8 Å². The molecule has 1 fully saturated rings. The zero-order chi connectivity index (χ0) is 16.5. The van der Waals surface area contributed by atoms with Gasteiger partial charge in [0.25, 0.3) is 5.91 Å². The van der Waals surface area contributed by atoms with E-state index in [0.29, 0.717) is 18.0 Å². The molecule has 24 heavy (non-hydrogen) atoms. The molecule has 0 spiro atoms. The highest BCUT2D eigenvalue weighted by atomic mass is 16.5. The summed E-state index contributed by atoms with van der Waals surface area (Å²) < 4.78 is 7.08. The second-order valence-electron chi connectivity index (χ2n) is 5.92. The van der Waals surface area contributed by atoms with Crippen molar-refractivity contribution in [2.45, 2.75) is 18.9 Å². The number of pyridine rings is 1. The van der Waals surface area contributed by atoms with E-state index in [-0.39, 0.29) is 11.9 Å². The predicted octanol–water partition coefficient (Wildman–Crippen LogP) is 2.45. The fourth-order valence-electron chi connectivity index (χ4n) is 3.14. The molecule has 1 aliphatic rings. The summed E-state index contributed by atoms with van der Waals surface area (Å²) >= 11 is 0. The molecular formula is C17H17N5O2. The average molecular weight is 323 g/mol. The maximum atomic E-state index is 12.8. The maximum absolute atomic E-state index is 12.8. The summed E-state index contributed by atoms with van der Waals surface area (Å²) in [6.45, 7) is 0.716. The Bertz CT molecular complexity index is 855. The summed E-state index contributed by atoms with van der Waals surface area (Å²) in [5.74, 6) is 0.434. The summed E-state index contributed by atoms with van der Waals surface area (Å²) in [4.78, 5) is 18.7. The Hall–Kier alpha value is -2.96. The van der Waals surface area contributed by atoms with Crippen LogP contribution in [-0.4, -0.2) is 37.3 Å². The number of carbonyl (C=O) groups excluding carboxylic acids is 1. The fourth-order valence-corrected chi connectivity index (χ4v) is 3.14. The van der Waals surface area contributed by atoms with Crippen LogP contribution in [0, 0.1) is 0 Å². The highest BCUT2D eigenvalue weighted by Crippen LogP contribution is 2.33. The predicted molar refractivity (Wildman–Crippen MR) is 86.0 cm³/mol. The molecule has 7 heteroatoms. The Morgan fingerprint density at radius 1 is 1.38 bits per heavy atom. The van der Waals surface area contributed by atoms with E-state index < -0.39 is 0 Å². The van der Waals surface area contributed by atoms with Crippen LogP contribution in [0.5, 0.6) is 0 Å². The Kier molecular flexibility index (Phi) is 3.60. The van der Waals surface area contributed by atoms with Gasteiger partial charge >= 0.3 is 0 Å². The van der Waals surface area contributed by atoms with Crippen LogP contribution in [-0.2, 0) is 7.05 Å². The zero-order valence-corrected chi connectivity index (χ0v) is 13.3. The monoisotopic (exact) mass is 323 g/mol. The van der Waals surface area contributed by atoms with Crippen LogP contribution < -0.4 is 0 Å². The van der Waals surface area contributed by atoms with Crippen molar-refractivity contribution in [3.8, 4) is 11.3 Å². The van der Waals surface area contributed by atoms with Crippen LogP contribution in [0.25, 0.3) is 11.3 Å². The first-order valence-corrected chi connectivity index (χ1v) is 7.89. The molecule has 3 aromatic rings. The highest BCUT2D eigenvalue weighted by Gasteiger charge is 2.32. The van der Waals surface area contributed by atoms with Gasteiger partial charge in [0.2, 0.25) is 0 Å². The van der Waals surface area contributed by atoms with Gasteiger partial charge in [-0.1, -0.05) is 5.16 Å². The van der Waals surface area contributed by atoms with E-state index in [1.165, 1.54) is 0 Å². The molecule has 0 unspecified atom stereocenters. The normalized spacial score (nSPS) is 17.4. The van der Waals surface area contributed by atoms with Gasteiger partial charge in [-0.15, -0.1) is 0 Å². The average Bonchev–Trinajstić information content (AvgIpc) is 3.35. The lowest BCUT2D eigenvalue weighted by molar-refractivity contribution is 0.0725. The number of amides is 1. The van der Waals surface area contributed by atoms with Gasteiger partial charge in [-0.2, -0.15) is 5.10 Å². The number of nitrogens with zero attached hydrogens (tertiary/aromatic N) is 5. The molecule has 1 atom stereocenters. The molecule has 0 bridgehead atoms. The third-order valence-corrected chi connectivity index (χ3v) is 4.30. The molecule has 0 saturated carbocycles. The van der Waals surface area contributed by atoms with E-state index in [2.05, 4.69) is 15.2 Å². The topological polar surface area (TPSA) is 77.0 Å². The van der Waals surface area contributed by atoms with Crippen molar-refractivity contribution in [1.29, 1.82) is 0 Å². The van der Waals surface area contributed by atoms with Gasteiger partial charge in [0.15, 0.2) is 11.5 Å². The number of aromatic nitrogens is 4. The van der Waals surface area contributed by atoms with Gasteiger partial charge < -0.3 is 9.42 Å². The van der Waals surface area contributed by atoms with E-state index in [1.54, 1.807) is 23.1 Å². The fraction of sp³-hybridized carbons (Fsp3) is 0.294. The smallest absolute Gasteiger partial charge is 0.276 e. The van der Waals surface area contributed by atoms with Crippen LogP contribution in [0.3, 0.4) is 0 Å². The number of rotatable bonds is 3. The Morgan fingerprint density at radius 2 is 2.29 bits per heavy atom. The summed E-state index contributed by atoms with van der Waals surface area (Å²) in [6.07, 6.45) is 9.06.